The molecule has 1 amide bonds. The largest absolute Gasteiger partial charge is 0.758 e. The number of carbonyl (C=O) groups excluding carboxylic acids is 1. The number of nitrogens with one attached hydrogen (secondary N) is 1. The standard InChI is InChI=1S/C13H27N3O6S/c1-13(2,3)22-12(17)16-6-4-15(5-7-16)8-9-20-10-11-21-14-23(18)19/h14H,4-11H2,1-3H3,(H,18,19)/p-1. The van der Waals surface area contributed by atoms with E-state index in [1.165, 1.54) is 0 Å². The van der Waals surface area contributed by atoms with E-state index in [2.05, 4.69) is 9.74 Å². The average molecular weight is 352 g/mol. The highest BCUT2D eigenvalue weighted by Gasteiger charge is 2.25. The second-order valence-corrected chi connectivity index (χ2v) is 6.72. The molecule has 1 unspecified atom stereocenters. The zero-order valence-electron chi connectivity index (χ0n) is 13.9. The Bertz CT molecular complexity index is 382. The Labute approximate surface area is 139 Å². The molecule has 0 bridgehead atoms. The molecule has 10 heteroatoms. The first-order valence-corrected chi connectivity index (χ1v) is 8.60. The van der Waals surface area contributed by atoms with Crippen molar-refractivity contribution in [2.45, 2.75) is 26.4 Å². The molecule has 0 saturated carbocycles. The Morgan fingerprint density at radius 3 is 2.39 bits per heavy atom. The lowest BCUT2D eigenvalue weighted by molar-refractivity contribution is 0.00425. The molecule has 0 spiro atoms. The Hall–Kier alpha value is -0.780. The smallest absolute Gasteiger partial charge is 0.410 e. The number of hydrogen-bond donors (Lipinski definition) is 1. The Morgan fingerprint density at radius 2 is 1.83 bits per heavy atom. The molecule has 9 nitrogen and oxygen atoms in total. The molecule has 0 radical (unpaired) electrons. The molecule has 1 aliphatic rings. The molecule has 136 valence electrons. The number of piperazine rings is 1. The molecular formula is C13H26N3O6S-. The van der Waals surface area contributed by atoms with Gasteiger partial charge in [0.1, 0.15) is 5.60 Å². The second kappa shape index (κ2) is 10.2. The first-order valence-electron chi connectivity index (χ1n) is 7.52. The second-order valence-electron chi connectivity index (χ2n) is 6.09. The Balaban J connectivity index is 2.06. The summed E-state index contributed by atoms with van der Waals surface area (Å²) in [6.45, 7) is 10.1. The summed E-state index contributed by atoms with van der Waals surface area (Å²) in [5.74, 6) is 0. The van der Waals surface area contributed by atoms with Crippen LogP contribution in [0.5, 0.6) is 0 Å². The quantitative estimate of drug-likeness (QED) is 0.369. The van der Waals surface area contributed by atoms with Gasteiger partial charge in [-0.2, -0.15) is 0 Å². The van der Waals surface area contributed by atoms with Crippen molar-refractivity contribution in [3.8, 4) is 0 Å². The highest BCUT2D eigenvalue weighted by molar-refractivity contribution is 7.76. The van der Waals surface area contributed by atoms with E-state index in [0.717, 1.165) is 19.6 Å². The number of nitrogens with zero attached hydrogens (tertiary/aromatic N) is 2. The summed E-state index contributed by atoms with van der Waals surface area (Å²) in [7, 11) is 0. The van der Waals surface area contributed by atoms with Crippen LogP contribution in [0.15, 0.2) is 0 Å². The van der Waals surface area contributed by atoms with Gasteiger partial charge in [0.25, 0.3) is 0 Å². The third-order valence-corrected chi connectivity index (χ3v) is 3.29. The van der Waals surface area contributed by atoms with Crippen LogP contribution in [-0.4, -0.2) is 82.8 Å². The van der Waals surface area contributed by atoms with Crippen molar-refractivity contribution in [2.75, 3.05) is 52.5 Å². The van der Waals surface area contributed by atoms with Crippen LogP contribution in [0.2, 0.25) is 0 Å². The van der Waals surface area contributed by atoms with Crippen molar-refractivity contribution in [1.29, 1.82) is 0 Å². The van der Waals surface area contributed by atoms with E-state index in [4.69, 9.17) is 9.47 Å². The molecule has 1 fully saturated rings. The summed E-state index contributed by atoms with van der Waals surface area (Å²) >= 11 is -2.42. The van der Waals surface area contributed by atoms with E-state index >= 15 is 0 Å². The molecule has 0 aliphatic carbocycles. The highest BCUT2D eigenvalue weighted by atomic mass is 32.2. The number of hydrogen-bond acceptors (Lipinski definition) is 7. The number of amides is 1. The zero-order valence-corrected chi connectivity index (χ0v) is 14.7. The SMILES string of the molecule is CC(C)(C)OC(=O)N1CCN(CCOCCONS(=O)[O-])CC1. The van der Waals surface area contributed by atoms with Gasteiger partial charge in [-0.3, -0.25) is 13.9 Å². The van der Waals surface area contributed by atoms with Crippen LogP contribution in [0.3, 0.4) is 0 Å². The summed E-state index contributed by atoms with van der Waals surface area (Å²) in [5, 5.41) is 0. The first-order chi connectivity index (χ1) is 10.8. The summed E-state index contributed by atoms with van der Waals surface area (Å²) < 4.78 is 30.9. The van der Waals surface area contributed by atoms with E-state index in [1.54, 1.807) is 9.79 Å². The monoisotopic (exact) mass is 352 g/mol. The van der Waals surface area contributed by atoms with E-state index in [9.17, 15) is 13.6 Å². The molecule has 0 aromatic heterocycles. The topological polar surface area (TPSA) is 103 Å². The number of rotatable bonds is 8. The Kier molecular flexibility index (Phi) is 8.95. The van der Waals surface area contributed by atoms with E-state index in [-0.39, 0.29) is 12.7 Å². The van der Waals surface area contributed by atoms with Gasteiger partial charge in [0, 0.05) is 44.0 Å². The predicted molar refractivity (Wildman–Crippen MR) is 83.1 cm³/mol. The van der Waals surface area contributed by atoms with Crippen LogP contribution in [0.4, 0.5) is 4.79 Å². The van der Waals surface area contributed by atoms with E-state index in [0.29, 0.717) is 26.3 Å². The van der Waals surface area contributed by atoms with Crippen molar-refractivity contribution in [3.05, 3.63) is 0 Å². The molecule has 1 rings (SSSR count). The minimum absolute atomic E-state index is 0.153. The van der Waals surface area contributed by atoms with E-state index < -0.39 is 16.9 Å². The highest BCUT2D eigenvalue weighted by Crippen LogP contribution is 2.11. The third kappa shape index (κ3) is 9.84. The lowest BCUT2D eigenvalue weighted by Crippen LogP contribution is -2.50. The minimum atomic E-state index is -2.42. The van der Waals surface area contributed by atoms with Gasteiger partial charge in [-0.05, 0) is 20.8 Å². The first kappa shape index (κ1) is 20.3. The molecule has 1 heterocycles. The molecule has 0 aromatic rings. The number of ether oxygens (including phenoxy) is 2. The molecule has 1 N–H and O–H groups in total. The van der Waals surface area contributed by atoms with Gasteiger partial charge in [-0.1, -0.05) is 0 Å². The third-order valence-electron chi connectivity index (χ3n) is 3.03. The van der Waals surface area contributed by atoms with Crippen LogP contribution in [0, 0.1) is 0 Å². The van der Waals surface area contributed by atoms with E-state index in [1.807, 2.05) is 20.8 Å². The van der Waals surface area contributed by atoms with Gasteiger partial charge in [0.2, 0.25) is 0 Å². The van der Waals surface area contributed by atoms with Crippen molar-refractivity contribution >= 4 is 17.4 Å². The van der Waals surface area contributed by atoms with Crippen molar-refractivity contribution in [1.82, 2.24) is 14.7 Å². The van der Waals surface area contributed by atoms with Gasteiger partial charge >= 0.3 is 6.09 Å². The lowest BCUT2D eigenvalue weighted by Gasteiger charge is -2.35. The van der Waals surface area contributed by atoms with Gasteiger partial charge in [-0.15, -0.1) is 4.89 Å². The summed E-state index contributed by atoms with van der Waals surface area (Å²) in [6.07, 6.45) is -0.270. The van der Waals surface area contributed by atoms with Crippen LogP contribution in [0.25, 0.3) is 0 Å². The van der Waals surface area contributed by atoms with Crippen molar-refractivity contribution in [2.24, 2.45) is 0 Å². The maximum Gasteiger partial charge on any atom is 0.410 e. The maximum atomic E-state index is 11.9. The van der Waals surface area contributed by atoms with Crippen molar-refractivity contribution < 1.29 is 27.9 Å². The molecule has 23 heavy (non-hydrogen) atoms. The normalized spacial score (nSPS) is 18.0. The van der Waals surface area contributed by atoms with Gasteiger partial charge in [0.15, 0.2) is 0 Å². The maximum absolute atomic E-state index is 11.9. The van der Waals surface area contributed by atoms with Crippen LogP contribution in [-0.2, 0) is 25.6 Å². The lowest BCUT2D eigenvalue weighted by atomic mass is 10.2. The Morgan fingerprint density at radius 1 is 1.17 bits per heavy atom. The summed E-state index contributed by atoms with van der Waals surface area (Å²) in [4.78, 5) is 22.2. The zero-order chi connectivity index (χ0) is 17.3. The predicted octanol–water partition coefficient (Wildman–Crippen LogP) is -0.129. The number of carbonyl (C=O) groups is 1. The van der Waals surface area contributed by atoms with Gasteiger partial charge in [0.05, 0.1) is 19.8 Å². The molecule has 1 saturated heterocycles. The summed E-state index contributed by atoms with van der Waals surface area (Å²) in [6, 6.07) is 0. The van der Waals surface area contributed by atoms with Gasteiger partial charge in [-0.25, -0.2) is 4.79 Å². The van der Waals surface area contributed by atoms with Crippen LogP contribution < -0.4 is 4.89 Å². The van der Waals surface area contributed by atoms with Crippen LogP contribution >= 0.6 is 0 Å². The molecular weight excluding hydrogens is 326 g/mol. The fourth-order valence-electron chi connectivity index (χ4n) is 1.97. The minimum Gasteiger partial charge on any atom is -0.758 e. The fraction of sp³-hybridized carbons (Fsp3) is 0.923. The van der Waals surface area contributed by atoms with Crippen LogP contribution in [0.1, 0.15) is 20.8 Å². The fourth-order valence-corrected chi connectivity index (χ4v) is 2.15. The average Bonchev–Trinajstić information content (AvgIpc) is 2.44. The summed E-state index contributed by atoms with van der Waals surface area (Å²) in [5.41, 5.74) is -0.475. The molecule has 1 atom stereocenters. The molecule has 1 aliphatic heterocycles. The van der Waals surface area contributed by atoms with Crippen molar-refractivity contribution in [3.63, 3.8) is 0 Å². The van der Waals surface area contributed by atoms with Gasteiger partial charge < -0.3 is 18.9 Å². The molecule has 0 aromatic carbocycles.